The maximum absolute atomic E-state index is 12.5. The molecular formula is C19H24N2O6. The third-order valence-corrected chi connectivity index (χ3v) is 4.07. The van der Waals surface area contributed by atoms with Gasteiger partial charge in [-0.1, -0.05) is 18.6 Å². The summed E-state index contributed by atoms with van der Waals surface area (Å²) >= 11 is 0. The fraction of sp³-hybridized carbons (Fsp3) is 0.421. The highest BCUT2D eigenvalue weighted by Gasteiger charge is 2.32. The van der Waals surface area contributed by atoms with Crippen molar-refractivity contribution in [2.45, 2.75) is 33.2 Å². The van der Waals surface area contributed by atoms with Gasteiger partial charge in [0.1, 0.15) is 17.9 Å². The highest BCUT2D eigenvalue weighted by molar-refractivity contribution is 5.95. The van der Waals surface area contributed by atoms with Crippen LogP contribution in [0.4, 0.5) is 4.79 Å². The Balaban J connectivity index is 2.26. The van der Waals surface area contributed by atoms with Gasteiger partial charge in [-0.2, -0.15) is 0 Å². The van der Waals surface area contributed by atoms with E-state index >= 15 is 0 Å². The fourth-order valence-corrected chi connectivity index (χ4v) is 2.77. The minimum Gasteiger partial charge on any atom is -0.496 e. The molecule has 1 atom stereocenters. The van der Waals surface area contributed by atoms with Gasteiger partial charge in [-0.15, -0.1) is 0 Å². The lowest BCUT2D eigenvalue weighted by Gasteiger charge is -2.28. The second kappa shape index (κ2) is 9.07. The Bertz CT molecular complexity index is 771. The number of ether oxygens (including phenoxy) is 3. The van der Waals surface area contributed by atoms with Gasteiger partial charge in [0.15, 0.2) is 0 Å². The monoisotopic (exact) mass is 376 g/mol. The summed E-state index contributed by atoms with van der Waals surface area (Å²) in [5.74, 6) is -0.797. The van der Waals surface area contributed by atoms with Crippen molar-refractivity contribution in [2.75, 3.05) is 20.3 Å². The van der Waals surface area contributed by atoms with Crippen molar-refractivity contribution in [3.05, 3.63) is 40.6 Å². The van der Waals surface area contributed by atoms with Crippen LogP contribution in [0.15, 0.2) is 29.5 Å². The van der Waals surface area contributed by atoms with Gasteiger partial charge >= 0.3 is 18.0 Å². The molecule has 1 aromatic carbocycles. The number of carbonyl (C=O) groups is 3. The number of aryl methyl sites for hydroxylation is 1. The van der Waals surface area contributed by atoms with Crippen molar-refractivity contribution in [1.82, 2.24) is 10.6 Å². The Morgan fingerprint density at radius 1 is 1.15 bits per heavy atom. The summed E-state index contributed by atoms with van der Waals surface area (Å²) in [6.07, 6.45) is 0.491. The average Bonchev–Trinajstić information content (AvgIpc) is 2.65. The molecule has 8 nitrogen and oxygen atoms in total. The molecular weight excluding hydrogens is 352 g/mol. The maximum atomic E-state index is 12.5. The third kappa shape index (κ3) is 4.78. The van der Waals surface area contributed by atoms with Crippen LogP contribution in [0, 0.1) is 6.92 Å². The summed E-state index contributed by atoms with van der Waals surface area (Å²) in [7, 11) is 1.46. The number of hydrogen-bond acceptors (Lipinski definition) is 6. The summed E-state index contributed by atoms with van der Waals surface area (Å²) in [5.41, 5.74) is 1.60. The molecule has 0 bridgehead atoms. The summed E-state index contributed by atoms with van der Waals surface area (Å²) in [5, 5.41) is 5.20. The van der Waals surface area contributed by atoms with E-state index < -0.39 is 24.0 Å². The molecule has 1 heterocycles. The minimum absolute atomic E-state index is 0.195. The van der Waals surface area contributed by atoms with Crippen LogP contribution in [0.1, 0.15) is 36.2 Å². The van der Waals surface area contributed by atoms with Crippen LogP contribution in [0.3, 0.4) is 0 Å². The largest absolute Gasteiger partial charge is 0.496 e. The molecule has 146 valence electrons. The first-order valence-electron chi connectivity index (χ1n) is 8.70. The first-order valence-corrected chi connectivity index (χ1v) is 8.70. The van der Waals surface area contributed by atoms with Crippen molar-refractivity contribution >= 4 is 18.0 Å². The molecule has 0 aromatic heterocycles. The standard InChI is InChI=1S/C19H24N2O6/c1-5-13-16(18(23)26-6-2)14(21-19(24)20-13)10-27-17(22)12-9-11(3)7-8-15(12)25-4/h7-9,13H,5-6,10H2,1-4H3,(H2,20,21,24)/t13-/m1/s1. The predicted molar refractivity (Wildman–Crippen MR) is 97.4 cm³/mol. The van der Waals surface area contributed by atoms with Crippen LogP contribution in [0.25, 0.3) is 0 Å². The van der Waals surface area contributed by atoms with E-state index in [0.717, 1.165) is 5.56 Å². The zero-order valence-electron chi connectivity index (χ0n) is 15.9. The quantitative estimate of drug-likeness (QED) is 0.706. The summed E-state index contributed by atoms with van der Waals surface area (Å²) in [6.45, 7) is 5.29. The smallest absolute Gasteiger partial charge is 0.342 e. The molecule has 0 spiro atoms. The maximum Gasteiger partial charge on any atom is 0.342 e. The van der Waals surface area contributed by atoms with Crippen LogP contribution >= 0.6 is 0 Å². The van der Waals surface area contributed by atoms with Gasteiger partial charge < -0.3 is 24.8 Å². The number of amides is 2. The molecule has 0 unspecified atom stereocenters. The number of nitrogens with one attached hydrogen (secondary N) is 2. The molecule has 0 saturated carbocycles. The number of urea groups is 1. The van der Waals surface area contributed by atoms with Crippen molar-refractivity contribution < 1.29 is 28.6 Å². The van der Waals surface area contributed by atoms with Gasteiger partial charge in [0.05, 0.1) is 31.0 Å². The summed E-state index contributed by atoms with van der Waals surface area (Å²) in [4.78, 5) is 36.7. The molecule has 2 amide bonds. The molecule has 0 fully saturated rings. The molecule has 0 radical (unpaired) electrons. The van der Waals surface area contributed by atoms with Crippen LogP contribution in [-0.2, 0) is 14.3 Å². The van der Waals surface area contributed by atoms with Crippen molar-refractivity contribution in [2.24, 2.45) is 0 Å². The van der Waals surface area contributed by atoms with E-state index in [1.54, 1.807) is 19.1 Å². The summed E-state index contributed by atoms with van der Waals surface area (Å²) in [6, 6.07) is 4.16. The van der Waals surface area contributed by atoms with Gasteiger partial charge in [-0.25, -0.2) is 14.4 Å². The predicted octanol–water partition coefficient (Wildman–Crippen LogP) is 2.07. The molecule has 1 aliphatic heterocycles. The van der Waals surface area contributed by atoms with Crippen molar-refractivity contribution in [3.8, 4) is 5.75 Å². The van der Waals surface area contributed by atoms with E-state index in [9.17, 15) is 14.4 Å². The van der Waals surface area contributed by atoms with Crippen LogP contribution in [-0.4, -0.2) is 44.3 Å². The number of esters is 2. The van der Waals surface area contributed by atoms with E-state index in [2.05, 4.69) is 10.6 Å². The van der Waals surface area contributed by atoms with Crippen molar-refractivity contribution in [1.29, 1.82) is 0 Å². The van der Waals surface area contributed by atoms with Gasteiger partial charge in [-0.05, 0) is 32.4 Å². The zero-order valence-corrected chi connectivity index (χ0v) is 15.9. The highest BCUT2D eigenvalue weighted by Crippen LogP contribution is 2.22. The SMILES string of the molecule is CCOC(=O)C1=C(COC(=O)c2cc(C)ccc2OC)NC(=O)N[C@@H]1CC. The normalized spacial score (nSPS) is 16.3. The zero-order chi connectivity index (χ0) is 20.0. The lowest BCUT2D eigenvalue weighted by atomic mass is 10.0. The molecule has 1 aliphatic rings. The van der Waals surface area contributed by atoms with Crippen LogP contribution < -0.4 is 15.4 Å². The second-order valence-corrected chi connectivity index (χ2v) is 5.95. The van der Waals surface area contributed by atoms with Crippen LogP contribution in [0.5, 0.6) is 5.75 Å². The first-order chi connectivity index (χ1) is 12.9. The van der Waals surface area contributed by atoms with E-state index in [0.29, 0.717) is 12.2 Å². The topological polar surface area (TPSA) is 103 Å². The molecule has 1 aromatic rings. The van der Waals surface area contributed by atoms with E-state index in [1.165, 1.54) is 7.11 Å². The number of hydrogen-bond donors (Lipinski definition) is 2. The Morgan fingerprint density at radius 3 is 2.52 bits per heavy atom. The number of methoxy groups -OCH3 is 1. The average molecular weight is 376 g/mol. The van der Waals surface area contributed by atoms with Crippen molar-refractivity contribution in [3.63, 3.8) is 0 Å². The van der Waals surface area contributed by atoms with Gasteiger partial charge in [0.2, 0.25) is 0 Å². The molecule has 0 aliphatic carbocycles. The second-order valence-electron chi connectivity index (χ2n) is 5.95. The molecule has 8 heteroatoms. The molecule has 2 N–H and O–H groups in total. The summed E-state index contributed by atoms with van der Waals surface area (Å²) < 4.78 is 15.6. The lowest BCUT2D eigenvalue weighted by molar-refractivity contribution is -0.139. The Hall–Kier alpha value is -3.03. The number of carbonyl (C=O) groups excluding carboxylic acids is 3. The van der Waals surface area contributed by atoms with Crippen LogP contribution in [0.2, 0.25) is 0 Å². The number of rotatable bonds is 7. The van der Waals surface area contributed by atoms with Gasteiger partial charge in [0, 0.05) is 0 Å². The Kier molecular flexibility index (Phi) is 6.81. The highest BCUT2D eigenvalue weighted by atomic mass is 16.5. The third-order valence-electron chi connectivity index (χ3n) is 4.07. The Morgan fingerprint density at radius 2 is 1.89 bits per heavy atom. The fourth-order valence-electron chi connectivity index (χ4n) is 2.77. The lowest BCUT2D eigenvalue weighted by Crippen LogP contribution is -2.51. The number of benzene rings is 1. The Labute approximate surface area is 157 Å². The van der Waals surface area contributed by atoms with Gasteiger partial charge in [0.25, 0.3) is 0 Å². The van der Waals surface area contributed by atoms with E-state index in [1.807, 2.05) is 19.9 Å². The van der Waals surface area contributed by atoms with E-state index in [-0.39, 0.29) is 30.0 Å². The van der Waals surface area contributed by atoms with Gasteiger partial charge in [-0.3, -0.25) is 0 Å². The molecule has 0 saturated heterocycles. The molecule has 27 heavy (non-hydrogen) atoms. The molecule has 2 rings (SSSR count). The van der Waals surface area contributed by atoms with E-state index in [4.69, 9.17) is 14.2 Å². The minimum atomic E-state index is -0.618. The first kappa shape index (κ1) is 20.3.